The van der Waals surface area contributed by atoms with E-state index in [1.807, 2.05) is 0 Å². The van der Waals surface area contributed by atoms with Crippen LogP contribution in [0, 0.1) is 3.57 Å². The van der Waals surface area contributed by atoms with Gasteiger partial charge in [0.2, 0.25) is 0 Å². The van der Waals surface area contributed by atoms with Crippen LogP contribution in [-0.4, -0.2) is 19.8 Å². The van der Waals surface area contributed by atoms with Gasteiger partial charge in [-0.3, -0.25) is 3.07 Å². The van der Waals surface area contributed by atoms with Crippen LogP contribution in [0.2, 0.25) is 10.0 Å². The molecule has 6 nitrogen and oxygen atoms in total. The smallest absolute Gasteiger partial charge is 0.466 e. The lowest BCUT2D eigenvalue weighted by molar-refractivity contribution is 0.275. The molecule has 0 aliphatic heterocycles. The van der Waals surface area contributed by atoms with Crippen LogP contribution in [0.15, 0.2) is 12.1 Å². The van der Waals surface area contributed by atoms with Crippen LogP contribution in [0.3, 0.4) is 0 Å². The zero-order valence-corrected chi connectivity index (χ0v) is 11.9. The highest BCUT2D eigenvalue weighted by molar-refractivity contribution is 14.1. The van der Waals surface area contributed by atoms with Crippen LogP contribution < -0.4 is 0 Å². The summed E-state index contributed by atoms with van der Waals surface area (Å²) in [6.45, 7) is 0. The molecule has 0 aliphatic rings. The standard InChI is InChI=1S/C6H3Cl2IO2.H3O4P/c7-3-1-4(8)6(9-11)5(10)2-3;1-5(2,3)4/h1-2,10H;(H3,1,2,3,4). The molecule has 10 heteroatoms. The van der Waals surface area contributed by atoms with Gasteiger partial charge in [0.05, 0.1) is 5.02 Å². The first-order valence-corrected chi connectivity index (χ1v) is 7.66. The molecule has 0 aliphatic carbocycles. The fourth-order valence-electron chi connectivity index (χ4n) is 0.619. The topological polar surface area (TPSA) is 115 Å². The summed E-state index contributed by atoms with van der Waals surface area (Å²) in [5, 5.41) is 9.73. The van der Waals surface area contributed by atoms with Crippen LogP contribution in [0.25, 0.3) is 0 Å². The highest BCUT2D eigenvalue weighted by Gasteiger charge is 2.07. The monoisotopic (exact) mass is 402 g/mol. The molecule has 0 spiro atoms. The summed E-state index contributed by atoms with van der Waals surface area (Å²) >= 11 is 9.73. The van der Waals surface area contributed by atoms with E-state index in [1.165, 1.54) is 12.1 Å². The minimum absolute atomic E-state index is 0.0923. The van der Waals surface area contributed by atoms with E-state index < -0.39 is 29.0 Å². The molecule has 0 fully saturated rings. The molecule has 0 saturated carbocycles. The average Bonchev–Trinajstić information content (AvgIpc) is 1.99. The van der Waals surface area contributed by atoms with E-state index in [-0.39, 0.29) is 10.8 Å². The molecular formula is C6H6Cl2IO6P. The Bertz CT molecular complexity index is 402. The second kappa shape index (κ2) is 6.85. The summed E-state index contributed by atoms with van der Waals surface area (Å²) in [4.78, 5) is 21.6. The average molecular weight is 403 g/mol. The molecule has 1 aromatic carbocycles. The summed E-state index contributed by atoms with van der Waals surface area (Å²) < 4.78 is 19.7. The van der Waals surface area contributed by atoms with Crippen LogP contribution in [0.5, 0.6) is 5.75 Å². The Morgan fingerprint density at radius 2 is 1.62 bits per heavy atom. The van der Waals surface area contributed by atoms with Gasteiger partial charge in [0.1, 0.15) is 9.32 Å². The number of phenols is 1. The van der Waals surface area contributed by atoms with E-state index in [4.69, 9.17) is 47.6 Å². The van der Waals surface area contributed by atoms with E-state index in [0.29, 0.717) is 8.59 Å². The first-order chi connectivity index (χ1) is 7.15. The Hall–Kier alpha value is 0.240. The molecule has 16 heavy (non-hydrogen) atoms. The highest BCUT2D eigenvalue weighted by Crippen LogP contribution is 2.32. The summed E-state index contributed by atoms with van der Waals surface area (Å²) in [5.74, 6) is -0.0923. The van der Waals surface area contributed by atoms with Crippen molar-refractivity contribution in [1.82, 2.24) is 0 Å². The van der Waals surface area contributed by atoms with Crippen molar-refractivity contribution in [2.75, 3.05) is 0 Å². The number of hydrogen-bond acceptors (Lipinski definition) is 3. The highest BCUT2D eigenvalue weighted by atomic mass is 127. The minimum atomic E-state index is -4.64. The second-order valence-electron chi connectivity index (χ2n) is 2.31. The Morgan fingerprint density at radius 3 is 1.94 bits per heavy atom. The molecule has 0 bridgehead atoms. The van der Waals surface area contributed by atoms with Gasteiger partial charge in [0.15, 0.2) is 21.2 Å². The fourth-order valence-corrected chi connectivity index (χ4v) is 2.04. The lowest BCUT2D eigenvalue weighted by atomic mass is 10.3. The molecule has 4 N–H and O–H groups in total. The number of phenolic OH excluding ortho intramolecular Hbond substituents is 1. The molecule has 0 heterocycles. The minimum Gasteiger partial charge on any atom is -0.507 e. The summed E-state index contributed by atoms with van der Waals surface area (Å²) in [6.07, 6.45) is 0. The van der Waals surface area contributed by atoms with Crippen molar-refractivity contribution < 1.29 is 27.4 Å². The van der Waals surface area contributed by atoms with Gasteiger partial charge in [-0.05, 0) is 12.1 Å². The number of rotatable bonds is 1. The van der Waals surface area contributed by atoms with Crippen molar-refractivity contribution in [3.8, 4) is 5.75 Å². The van der Waals surface area contributed by atoms with Crippen molar-refractivity contribution >= 4 is 52.2 Å². The third-order valence-corrected chi connectivity index (χ3v) is 3.46. The van der Waals surface area contributed by atoms with Crippen LogP contribution in [0.1, 0.15) is 0 Å². The Labute approximate surface area is 111 Å². The summed E-state index contributed by atoms with van der Waals surface area (Å²) in [7, 11) is -4.64. The zero-order chi connectivity index (χ0) is 12.9. The maximum Gasteiger partial charge on any atom is 0.466 e. The fraction of sp³-hybridized carbons (Fsp3) is 0. The molecular weight excluding hydrogens is 397 g/mol. The van der Waals surface area contributed by atoms with E-state index >= 15 is 0 Å². The Balaban J connectivity index is 0.000000385. The third-order valence-electron chi connectivity index (χ3n) is 1.05. The molecule has 0 saturated heterocycles. The molecule has 0 amide bonds. The van der Waals surface area contributed by atoms with E-state index in [0.717, 1.165) is 0 Å². The van der Waals surface area contributed by atoms with Gasteiger partial charge >= 0.3 is 7.82 Å². The second-order valence-corrected chi connectivity index (χ2v) is 5.70. The summed E-state index contributed by atoms with van der Waals surface area (Å²) in [5.41, 5.74) is 0. The van der Waals surface area contributed by atoms with E-state index in [1.54, 1.807) is 0 Å². The van der Waals surface area contributed by atoms with E-state index in [9.17, 15) is 3.07 Å². The molecule has 0 atom stereocenters. The normalized spacial score (nSPS) is 10.6. The van der Waals surface area contributed by atoms with Gasteiger partial charge in [-0.2, -0.15) is 0 Å². The van der Waals surface area contributed by atoms with Crippen LogP contribution >= 0.6 is 52.2 Å². The zero-order valence-electron chi connectivity index (χ0n) is 7.34. The van der Waals surface area contributed by atoms with Gasteiger partial charge in [0.25, 0.3) is 0 Å². The van der Waals surface area contributed by atoms with Crippen LogP contribution in [-0.2, 0) is 7.63 Å². The van der Waals surface area contributed by atoms with Crippen molar-refractivity contribution in [3.63, 3.8) is 0 Å². The van der Waals surface area contributed by atoms with Gasteiger partial charge in [-0.1, -0.05) is 23.2 Å². The number of benzene rings is 1. The molecule has 0 unspecified atom stereocenters. The van der Waals surface area contributed by atoms with Gasteiger partial charge < -0.3 is 19.8 Å². The number of halogens is 3. The van der Waals surface area contributed by atoms with Crippen molar-refractivity contribution in [3.05, 3.63) is 25.7 Å². The predicted molar refractivity (Wildman–Crippen MR) is 65.8 cm³/mol. The van der Waals surface area contributed by atoms with E-state index in [2.05, 4.69) is 0 Å². The molecule has 0 aromatic heterocycles. The first kappa shape index (κ1) is 16.2. The van der Waals surface area contributed by atoms with Gasteiger partial charge in [0, 0.05) is 5.02 Å². The Morgan fingerprint density at radius 1 is 1.19 bits per heavy atom. The third kappa shape index (κ3) is 7.50. The molecule has 92 valence electrons. The summed E-state index contributed by atoms with van der Waals surface area (Å²) in [6, 6.07) is 2.77. The van der Waals surface area contributed by atoms with Crippen molar-refractivity contribution in [1.29, 1.82) is 0 Å². The molecule has 1 rings (SSSR count). The predicted octanol–water partition coefficient (Wildman–Crippen LogP) is 2.26. The maximum atomic E-state index is 10.5. The Kier molecular flexibility index (Phi) is 6.95. The first-order valence-electron chi connectivity index (χ1n) is 3.38. The number of aromatic hydroxyl groups is 1. The lowest BCUT2D eigenvalue weighted by Gasteiger charge is -1.98. The van der Waals surface area contributed by atoms with Gasteiger partial charge in [-0.25, -0.2) is 4.57 Å². The van der Waals surface area contributed by atoms with Crippen molar-refractivity contribution in [2.24, 2.45) is 0 Å². The largest absolute Gasteiger partial charge is 0.507 e. The van der Waals surface area contributed by atoms with Gasteiger partial charge in [-0.15, -0.1) is 0 Å². The van der Waals surface area contributed by atoms with Crippen LogP contribution in [0.4, 0.5) is 0 Å². The SMILES string of the molecule is O=Ic1c(O)cc(Cl)cc1Cl.O=P(O)(O)O. The maximum absolute atomic E-state index is 10.5. The molecule has 1 aromatic rings. The lowest BCUT2D eigenvalue weighted by Crippen LogP contribution is -1.76. The molecule has 0 radical (unpaired) electrons. The van der Waals surface area contributed by atoms with Crippen molar-refractivity contribution in [2.45, 2.75) is 0 Å². The quantitative estimate of drug-likeness (QED) is 0.325. The number of hydrogen-bond donors (Lipinski definition) is 4. The number of phosphoric acid groups is 1.